The average molecular weight is 261 g/mol. The van der Waals surface area contributed by atoms with Gasteiger partial charge in [0.05, 0.1) is 12.2 Å². The number of benzene rings is 1. The van der Waals surface area contributed by atoms with Crippen LogP contribution in [0.15, 0.2) is 18.2 Å². The minimum Gasteiger partial charge on any atom is -0.493 e. The molecule has 0 saturated carbocycles. The third kappa shape index (κ3) is 2.98. The Morgan fingerprint density at radius 1 is 1.37 bits per heavy atom. The van der Waals surface area contributed by atoms with Crippen LogP contribution in [-0.4, -0.2) is 37.9 Å². The summed E-state index contributed by atoms with van der Waals surface area (Å²) >= 11 is 0. The van der Waals surface area contributed by atoms with E-state index in [0.717, 1.165) is 29.8 Å². The molecule has 0 aromatic heterocycles. The Balaban J connectivity index is 2.38. The zero-order valence-electron chi connectivity index (χ0n) is 12.3. The predicted octanol–water partition coefficient (Wildman–Crippen LogP) is 2.95. The first-order valence-corrected chi connectivity index (χ1v) is 6.95. The highest BCUT2D eigenvalue weighted by molar-refractivity contribution is 6.01. The molecule has 19 heavy (non-hydrogen) atoms. The zero-order chi connectivity index (χ0) is 14.0. The van der Waals surface area contributed by atoms with Crippen molar-refractivity contribution < 1.29 is 9.53 Å². The van der Waals surface area contributed by atoms with Crippen LogP contribution in [0.4, 0.5) is 0 Å². The van der Waals surface area contributed by atoms with Gasteiger partial charge in [-0.1, -0.05) is 26.0 Å². The molecule has 1 aromatic carbocycles. The number of para-hydroxylation sites is 1. The van der Waals surface area contributed by atoms with E-state index in [1.807, 2.05) is 26.2 Å². The van der Waals surface area contributed by atoms with Crippen molar-refractivity contribution in [3.05, 3.63) is 29.3 Å². The van der Waals surface area contributed by atoms with Crippen LogP contribution >= 0.6 is 0 Å². The van der Waals surface area contributed by atoms with Crippen LogP contribution in [0.5, 0.6) is 5.75 Å². The third-order valence-electron chi connectivity index (χ3n) is 3.60. The van der Waals surface area contributed by atoms with Gasteiger partial charge < -0.3 is 9.64 Å². The normalized spacial score (nSPS) is 19.3. The van der Waals surface area contributed by atoms with Crippen molar-refractivity contribution in [3.8, 4) is 5.75 Å². The molecule has 0 amide bonds. The first-order valence-electron chi connectivity index (χ1n) is 6.95. The Bertz CT molecular complexity index is 466. The Hall–Kier alpha value is -1.35. The summed E-state index contributed by atoms with van der Waals surface area (Å²) in [6.07, 6.45) is 0.795. The van der Waals surface area contributed by atoms with Crippen LogP contribution in [0, 0.1) is 5.92 Å². The second-order valence-corrected chi connectivity index (χ2v) is 5.84. The summed E-state index contributed by atoms with van der Waals surface area (Å²) in [4.78, 5) is 14.7. The Labute approximate surface area is 115 Å². The lowest BCUT2D eigenvalue weighted by atomic mass is 9.91. The number of carbonyl (C=O) groups is 1. The fourth-order valence-electron chi connectivity index (χ4n) is 2.63. The molecule has 104 valence electrons. The number of fused-ring (bicyclic) bond motifs is 1. The first kappa shape index (κ1) is 14.1. The van der Waals surface area contributed by atoms with E-state index in [1.54, 1.807) is 0 Å². The molecule has 1 aliphatic heterocycles. The summed E-state index contributed by atoms with van der Waals surface area (Å²) in [7, 11) is 4.01. The van der Waals surface area contributed by atoms with Crippen molar-refractivity contribution in [2.24, 2.45) is 5.92 Å². The van der Waals surface area contributed by atoms with Gasteiger partial charge in [-0.3, -0.25) is 4.79 Å². The Morgan fingerprint density at radius 3 is 2.74 bits per heavy atom. The summed E-state index contributed by atoms with van der Waals surface area (Å²) < 4.78 is 5.88. The number of Topliss-reactive ketones (excluding diaryl/α,β-unsaturated/α-hetero) is 1. The fraction of sp³-hybridized carbons (Fsp3) is 0.562. The maximum Gasteiger partial charge on any atom is 0.171 e. The number of rotatable bonds is 3. The van der Waals surface area contributed by atoms with Gasteiger partial charge >= 0.3 is 0 Å². The van der Waals surface area contributed by atoms with Gasteiger partial charge in [0.1, 0.15) is 5.75 Å². The molecule has 1 aliphatic rings. The van der Waals surface area contributed by atoms with E-state index >= 15 is 0 Å². The molecule has 0 spiro atoms. The molecule has 0 bridgehead atoms. The zero-order valence-corrected chi connectivity index (χ0v) is 12.3. The molecule has 3 heteroatoms. The van der Waals surface area contributed by atoms with Gasteiger partial charge in [0.15, 0.2) is 5.78 Å². The Kier molecular flexibility index (Phi) is 4.25. The monoisotopic (exact) mass is 261 g/mol. The van der Waals surface area contributed by atoms with Gasteiger partial charge in [-0.15, -0.1) is 0 Å². The van der Waals surface area contributed by atoms with Crippen LogP contribution in [0.1, 0.15) is 42.1 Å². The first-order chi connectivity index (χ1) is 9.00. The van der Waals surface area contributed by atoms with E-state index in [0.29, 0.717) is 12.5 Å². The van der Waals surface area contributed by atoms with E-state index in [9.17, 15) is 4.79 Å². The van der Waals surface area contributed by atoms with Crippen molar-refractivity contribution in [1.82, 2.24) is 4.90 Å². The molecule has 1 unspecified atom stereocenters. The van der Waals surface area contributed by atoms with Crippen LogP contribution in [0.2, 0.25) is 0 Å². The maximum atomic E-state index is 12.6. The topological polar surface area (TPSA) is 29.5 Å². The smallest absolute Gasteiger partial charge is 0.171 e. The molecule has 3 nitrogen and oxygen atoms in total. The lowest BCUT2D eigenvalue weighted by Crippen LogP contribution is -2.28. The molecule has 1 heterocycles. The quantitative estimate of drug-likeness (QED) is 0.838. The van der Waals surface area contributed by atoms with Gasteiger partial charge in [-0.2, -0.15) is 0 Å². The van der Waals surface area contributed by atoms with Crippen LogP contribution in [-0.2, 0) is 0 Å². The highest BCUT2D eigenvalue weighted by Crippen LogP contribution is 2.34. The number of ketones is 1. The maximum absolute atomic E-state index is 12.6. The molecule has 0 radical (unpaired) electrons. The molecule has 0 fully saturated rings. The van der Waals surface area contributed by atoms with Gasteiger partial charge in [0.25, 0.3) is 0 Å². The second-order valence-electron chi connectivity index (χ2n) is 5.84. The summed E-state index contributed by atoms with van der Waals surface area (Å²) in [5.41, 5.74) is 1.90. The number of ether oxygens (including phenoxy) is 1. The fourth-order valence-corrected chi connectivity index (χ4v) is 2.63. The summed E-state index contributed by atoms with van der Waals surface area (Å²) in [6.45, 7) is 5.67. The number of hydrogen-bond acceptors (Lipinski definition) is 3. The number of hydrogen-bond donors (Lipinski definition) is 0. The van der Waals surface area contributed by atoms with Crippen LogP contribution in [0.25, 0.3) is 0 Å². The Morgan fingerprint density at radius 2 is 2.11 bits per heavy atom. The number of carbonyl (C=O) groups excluding carboxylic acids is 1. The lowest BCUT2D eigenvalue weighted by molar-refractivity contribution is 0.0891. The average Bonchev–Trinajstić information content (AvgIpc) is 2.49. The van der Waals surface area contributed by atoms with Crippen molar-refractivity contribution in [3.63, 3.8) is 0 Å². The van der Waals surface area contributed by atoms with E-state index in [1.165, 1.54) is 0 Å². The summed E-state index contributed by atoms with van der Waals surface area (Å²) in [5.74, 6) is 1.44. The van der Waals surface area contributed by atoms with E-state index < -0.39 is 0 Å². The molecule has 1 aromatic rings. The van der Waals surface area contributed by atoms with Gasteiger partial charge in [-0.25, -0.2) is 0 Å². The SMILES string of the molecule is CC(C)c1cccc2c1OCCC(CN(C)C)C2=O. The molecular formula is C16H23NO2. The third-order valence-corrected chi connectivity index (χ3v) is 3.60. The van der Waals surface area contributed by atoms with Crippen LogP contribution < -0.4 is 4.74 Å². The van der Waals surface area contributed by atoms with Crippen molar-refractivity contribution in [1.29, 1.82) is 0 Å². The second kappa shape index (κ2) is 5.74. The molecular weight excluding hydrogens is 238 g/mol. The highest BCUT2D eigenvalue weighted by Gasteiger charge is 2.28. The van der Waals surface area contributed by atoms with Gasteiger partial charge in [-0.05, 0) is 38.1 Å². The van der Waals surface area contributed by atoms with Crippen LogP contribution in [0.3, 0.4) is 0 Å². The molecule has 2 rings (SSSR count). The minimum absolute atomic E-state index is 0.0404. The molecule has 1 atom stereocenters. The van der Waals surface area contributed by atoms with E-state index in [4.69, 9.17) is 4.74 Å². The van der Waals surface area contributed by atoms with Gasteiger partial charge in [0, 0.05) is 12.5 Å². The van der Waals surface area contributed by atoms with Crippen molar-refractivity contribution in [2.75, 3.05) is 27.2 Å². The van der Waals surface area contributed by atoms with Crippen molar-refractivity contribution >= 4 is 5.78 Å². The van der Waals surface area contributed by atoms with E-state index in [-0.39, 0.29) is 11.7 Å². The predicted molar refractivity (Wildman–Crippen MR) is 77.0 cm³/mol. The molecule has 0 aliphatic carbocycles. The summed E-state index contributed by atoms with van der Waals surface area (Å²) in [6, 6.07) is 5.92. The van der Waals surface area contributed by atoms with E-state index in [2.05, 4.69) is 24.8 Å². The largest absolute Gasteiger partial charge is 0.493 e. The van der Waals surface area contributed by atoms with Crippen molar-refractivity contribution in [2.45, 2.75) is 26.2 Å². The molecule has 0 N–H and O–H groups in total. The highest BCUT2D eigenvalue weighted by atomic mass is 16.5. The minimum atomic E-state index is 0.0404. The standard InChI is InChI=1S/C16H23NO2/c1-11(2)13-6-5-7-14-15(18)12(10-17(3)4)8-9-19-16(13)14/h5-7,11-12H,8-10H2,1-4H3. The molecule has 0 saturated heterocycles. The lowest BCUT2D eigenvalue weighted by Gasteiger charge is -2.17. The van der Waals surface area contributed by atoms with Gasteiger partial charge in [0.2, 0.25) is 0 Å². The number of nitrogens with zero attached hydrogens (tertiary/aromatic N) is 1. The summed E-state index contributed by atoms with van der Waals surface area (Å²) in [5, 5.41) is 0.